The molecule has 0 bridgehead atoms. The molecule has 2 heterocycles. The predicted molar refractivity (Wildman–Crippen MR) is 70.3 cm³/mol. The summed E-state index contributed by atoms with van der Waals surface area (Å²) in [6.07, 6.45) is 3.04. The Hall–Kier alpha value is -2.74. The Bertz CT molecular complexity index is 802. The van der Waals surface area contributed by atoms with Gasteiger partial charge in [-0.25, -0.2) is 4.79 Å². The van der Waals surface area contributed by atoms with Crippen LogP contribution < -0.4 is 5.32 Å². The van der Waals surface area contributed by atoms with Crippen LogP contribution in [-0.4, -0.2) is 36.1 Å². The third-order valence-corrected chi connectivity index (χ3v) is 2.91. The van der Waals surface area contributed by atoms with Crippen LogP contribution in [-0.2, 0) is 0 Å². The largest absolute Gasteiger partial charge is 0.478 e. The predicted octanol–water partition coefficient (Wildman–Crippen LogP) is 1.61. The maximum Gasteiger partial charge on any atom is 0.337 e. The van der Waals surface area contributed by atoms with Gasteiger partial charge in [0.05, 0.1) is 23.0 Å². The van der Waals surface area contributed by atoms with Gasteiger partial charge in [-0.1, -0.05) is 11.6 Å². The number of aromatic carboxylic acids is 1. The van der Waals surface area contributed by atoms with Gasteiger partial charge in [0.1, 0.15) is 0 Å². The van der Waals surface area contributed by atoms with Crippen LogP contribution in [0.15, 0.2) is 30.6 Å². The Morgan fingerprint density at radius 1 is 1.35 bits per heavy atom. The second kappa shape index (κ2) is 4.74. The molecule has 1 aromatic carbocycles. The van der Waals surface area contributed by atoms with Crippen LogP contribution in [0.2, 0.25) is 5.02 Å². The Labute approximate surface area is 117 Å². The van der Waals surface area contributed by atoms with Crippen LogP contribution in [0.5, 0.6) is 0 Å². The molecule has 2 aromatic heterocycles. The lowest BCUT2D eigenvalue weighted by Gasteiger charge is -2.08. The molecule has 2 N–H and O–H groups in total. The van der Waals surface area contributed by atoms with E-state index in [2.05, 4.69) is 25.8 Å². The molecular formula is C11H7ClN6O2. The topological polar surface area (TPSA) is 105 Å². The second-order valence-electron chi connectivity index (χ2n) is 3.87. The summed E-state index contributed by atoms with van der Waals surface area (Å²) in [5.41, 5.74) is 1.02. The number of rotatable bonds is 3. The first kappa shape index (κ1) is 12.3. The molecule has 0 amide bonds. The summed E-state index contributed by atoms with van der Waals surface area (Å²) in [6, 6.07) is 4.58. The van der Waals surface area contributed by atoms with E-state index in [9.17, 15) is 4.79 Å². The van der Waals surface area contributed by atoms with Crippen molar-refractivity contribution in [3.63, 3.8) is 0 Å². The Balaban J connectivity index is 2.01. The van der Waals surface area contributed by atoms with Crippen molar-refractivity contribution in [3.05, 3.63) is 41.2 Å². The lowest BCUT2D eigenvalue weighted by atomic mass is 10.2. The van der Waals surface area contributed by atoms with Crippen LogP contribution in [0.4, 0.5) is 11.5 Å². The van der Waals surface area contributed by atoms with Crippen LogP contribution >= 0.6 is 11.6 Å². The molecule has 0 aliphatic rings. The average Bonchev–Trinajstić information content (AvgIpc) is 2.90. The van der Waals surface area contributed by atoms with Gasteiger partial charge in [-0.3, -0.25) is 4.98 Å². The van der Waals surface area contributed by atoms with Crippen LogP contribution in [0.1, 0.15) is 10.4 Å². The number of anilines is 2. The van der Waals surface area contributed by atoms with Gasteiger partial charge in [0.15, 0.2) is 11.5 Å². The van der Waals surface area contributed by atoms with E-state index in [0.717, 1.165) is 0 Å². The van der Waals surface area contributed by atoms with Crippen molar-refractivity contribution in [1.82, 2.24) is 25.0 Å². The lowest BCUT2D eigenvalue weighted by molar-refractivity contribution is 0.0697. The van der Waals surface area contributed by atoms with E-state index in [1.807, 2.05) is 0 Å². The number of fused-ring (bicyclic) bond motifs is 1. The van der Waals surface area contributed by atoms with Gasteiger partial charge in [-0.15, -0.1) is 5.10 Å². The first-order valence-corrected chi connectivity index (χ1v) is 5.85. The van der Waals surface area contributed by atoms with E-state index in [0.29, 0.717) is 17.2 Å². The molecule has 0 aliphatic carbocycles. The molecule has 0 fully saturated rings. The Kier molecular flexibility index (Phi) is 2.92. The van der Waals surface area contributed by atoms with Gasteiger partial charge in [0, 0.05) is 5.69 Å². The van der Waals surface area contributed by atoms with Gasteiger partial charge in [0.25, 0.3) is 0 Å². The van der Waals surface area contributed by atoms with Gasteiger partial charge in [0.2, 0.25) is 0 Å². The maximum atomic E-state index is 11.0. The third kappa shape index (κ3) is 2.12. The highest BCUT2D eigenvalue weighted by molar-refractivity contribution is 6.33. The number of aromatic nitrogens is 5. The number of nitrogens with one attached hydrogen (secondary N) is 1. The van der Waals surface area contributed by atoms with E-state index in [1.54, 1.807) is 6.07 Å². The number of carbonyl (C=O) groups is 1. The fraction of sp³-hybridized carbons (Fsp3) is 0. The van der Waals surface area contributed by atoms with Gasteiger partial charge in [-0.05, 0) is 28.6 Å². The van der Waals surface area contributed by atoms with Gasteiger partial charge >= 0.3 is 5.97 Å². The number of tetrazole rings is 1. The van der Waals surface area contributed by atoms with E-state index in [4.69, 9.17) is 16.7 Å². The van der Waals surface area contributed by atoms with Crippen LogP contribution in [0.3, 0.4) is 0 Å². The summed E-state index contributed by atoms with van der Waals surface area (Å²) in [4.78, 5) is 15.0. The standard InChI is InChI=1S/C11H7ClN6O2/c12-8-2-1-6(3-7(8)11(19)20)14-9-4-13-5-10-15-16-17-18(9)10/h1-5,14H,(H,19,20). The number of halogens is 1. The van der Waals surface area contributed by atoms with Crippen LogP contribution in [0, 0.1) is 0 Å². The molecule has 20 heavy (non-hydrogen) atoms. The molecule has 0 atom stereocenters. The SMILES string of the molecule is O=C(O)c1cc(Nc2cncc3nnnn23)ccc1Cl. The Morgan fingerprint density at radius 2 is 2.20 bits per heavy atom. The normalized spacial score (nSPS) is 10.7. The molecule has 0 saturated heterocycles. The van der Waals surface area contributed by atoms with Crippen molar-refractivity contribution in [2.45, 2.75) is 0 Å². The van der Waals surface area contributed by atoms with E-state index < -0.39 is 5.97 Å². The van der Waals surface area contributed by atoms with Crippen molar-refractivity contribution in [1.29, 1.82) is 0 Å². The van der Waals surface area contributed by atoms with Crippen molar-refractivity contribution >= 4 is 34.7 Å². The summed E-state index contributed by atoms with van der Waals surface area (Å²) in [5, 5.41) is 23.3. The van der Waals surface area contributed by atoms with E-state index in [-0.39, 0.29) is 10.6 Å². The fourth-order valence-corrected chi connectivity index (χ4v) is 1.87. The van der Waals surface area contributed by atoms with Crippen molar-refractivity contribution in [3.8, 4) is 0 Å². The molecule has 3 rings (SSSR count). The Morgan fingerprint density at radius 3 is 3.00 bits per heavy atom. The van der Waals surface area contributed by atoms with Gasteiger partial charge < -0.3 is 10.4 Å². The van der Waals surface area contributed by atoms with Crippen molar-refractivity contribution in [2.75, 3.05) is 5.32 Å². The smallest absolute Gasteiger partial charge is 0.337 e. The highest BCUT2D eigenvalue weighted by Crippen LogP contribution is 2.23. The molecular weight excluding hydrogens is 284 g/mol. The molecule has 0 saturated carbocycles. The quantitative estimate of drug-likeness (QED) is 0.755. The zero-order chi connectivity index (χ0) is 14.1. The summed E-state index contributed by atoms with van der Waals surface area (Å²) >= 11 is 5.81. The minimum atomic E-state index is -1.10. The summed E-state index contributed by atoms with van der Waals surface area (Å²) in [7, 11) is 0. The van der Waals surface area contributed by atoms with E-state index in [1.165, 1.54) is 29.0 Å². The summed E-state index contributed by atoms with van der Waals surface area (Å²) in [6.45, 7) is 0. The molecule has 0 aliphatic heterocycles. The maximum absolute atomic E-state index is 11.0. The number of benzene rings is 1. The fourth-order valence-electron chi connectivity index (χ4n) is 1.68. The zero-order valence-electron chi connectivity index (χ0n) is 9.86. The van der Waals surface area contributed by atoms with Crippen molar-refractivity contribution < 1.29 is 9.90 Å². The summed E-state index contributed by atoms with van der Waals surface area (Å²) < 4.78 is 1.45. The number of hydrogen-bond acceptors (Lipinski definition) is 6. The van der Waals surface area contributed by atoms with Crippen molar-refractivity contribution in [2.24, 2.45) is 0 Å². The number of nitrogens with zero attached hydrogens (tertiary/aromatic N) is 5. The van der Waals surface area contributed by atoms with Gasteiger partial charge in [-0.2, -0.15) is 4.52 Å². The molecule has 100 valence electrons. The average molecular weight is 291 g/mol. The molecule has 0 spiro atoms. The minimum absolute atomic E-state index is 0.00789. The number of carboxylic acids is 1. The molecule has 8 nitrogen and oxygen atoms in total. The number of carboxylic acid groups (broad SMARTS) is 1. The first-order valence-electron chi connectivity index (χ1n) is 5.47. The minimum Gasteiger partial charge on any atom is -0.478 e. The molecule has 9 heteroatoms. The second-order valence-corrected chi connectivity index (χ2v) is 4.27. The highest BCUT2D eigenvalue weighted by Gasteiger charge is 2.10. The third-order valence-electron chi connectivity index (χ3n) is 2.58. The molecule has 3 aromatic rings. The molecule has 0 radical (unpaired) electrons. The molecule has 0 unspecified atom stereocenters. The highest BCUT2D eigenvalue weighted by atomic mass is 35.5. The first-order chi connectivity index (χ1) is 9.65. The summed E-state index contributed by atoms with van der Waals surface area (Å²) in [5.74, 6) is -0.594. The van der Waals surface area contributed by atoms with Crippen LogP contribution in [0.25, 0.3) is 5.65 Å². The lowest BCUT2D eigenvalue weighted by Crippen LogP contribution is -2.03. The zero-order valence-corrected chi connectivity index (χ0v) is 10.6. The number of hydrogen-bond donors (Lipinski definition) is 2. The van der Waals surface area contributed by atoms with E-state index >= 15 is 0 Å². The monoisotopic (exact) mass is 290 g/mol.